The Hall–Kier alpha value is -0.162. The molecule has 7 heavy (non-hydrogen) atoms. The number of pyridine rings is 1. The summed E-state index contributed by atoms with van der Waals surface area (Å²) in [5, 5.41) is 0. The molecule has 2 heteroatoms. The van der Waals surface area contributed by atoms with E-state index in [1.807, 2.05) is 12.1 Å². The summed E-state index contributed by atoms with van der Waals surface area (Å²) in [6.07, 6.45) is 4.34. The second kappa shape index (κ2) is 4.01. The molecular formula is C5H4NPt-. The van der Waals surface area contributed by atoms with E-state index in [-0.39, 0.29) is 21.1 Å². The number of rotatable bonds is 0. The molecule has 1 rings (SSSR count). The van der Waals surface area contributed by atoms with Crippen LogP contribution in [0.2, 0.25) is 0 Å². The van der Waals surface area contributed by atoms with Crippen molar-refractivity contribution >= 4 is 0 Å². The third-order valence-corrected chi connectivity index (χ3v) is 0.517. The van der Waals surface area contributed by atoms with E-state index < -0.39 is 0 Å². The molecule has 0 aliphatic rings. The van der Waals surface area contributed by atoms with Gasteiger partial charge in [-0.1, -0.05) is 12.4 Å². The van der Waals surface area contributed by atoms with Crippen LogP contribution in [0, 0.1) is 6.20 Å². The van der Waals surface area contributed by atoms with Crippen LogP contribution in [0.4, 0.5) is 0 Å². The average Bonchev–Trinajstić information content (AvgIpc) is 1.72. The maximum atomic E-state index is 3.66. The molecule has 0 aliphatic heterocycles. The van der Waals surface area contributed by atoms with E-state index in [1.54, 1.807) is 12.3 Å². The Balaban J connectivity index is 0.000000360. The molecule has 0 amide bonds. The van der Waals surface area contributed by atoms with Crippen molar-refractivity contribution < 1.29 is 21.1 Å². The van der Waals surface area contributed by atoms with E-state index in [0.29, 0.717) is 0 Å². The minimum Gasteiger partial charge on any atom is -0.394 e. The summed E-state index contributed by atoms with van der Waals surface area (Å²) < 4.78 is 0. The van der Waals surface area contributed by atoms with Crippen molar-refractivity contribution in [2.24, 2.45) is 0 Å². The smallest absolute Gasteiger partial charge is 0 e. The van der Waals surface area contributed by atoms with E-state index >= 15 is 0 Å². The molecule has 0 saturated heterocycles. The zero-order valence-corrected chi connectivity index (χ0v) is 5.85. The van der Waals surface area contributed by atoms with E-state index in [2.05, 4.69) is 11.2 Å². The molecule has 0 fully saturated rings. The molecule has 0 radical (unpaired) electrons. The van der Waals surface area contributed by atoms with Crippen molar-refractivity contribution in [2.45, 2.75) is 0 Å². The van der Waals surface area contributed by atoms with Crippen LogP contribution >= 0.6 is 0 Å². The molecule has 0 atom stereocenters. The van der Waals surface area contributed by atoms with Gasteiger partial charge in [0.05, 0.1) is 0 Å². The van der Waals surface area contributed by atoms with Gasteiger partial charge in [0.2, 0.25) is 0 Å². The fourth-order valence-electron chi connectivity index (χ4n) is 0.277. The van der Waals surface area contributed by atoms with Crippen LogP contribution in [0.3, 0.4) is 0 Å². The molecule has 0 bridgehead atoms. The van der Waals surface area contributed by atoms with Gasteiger partial charge < -0.3 is 4.98 Å². The Morgan fingerprint density at radius 2 is 2.14 bits per heavy atom. The van der Waals surface area contributed by atoms with Gasteiger partial charge >= 0.3 is 0 Å². The molecule has 1 aromatic rings. The molecule has 0 N–H and O–H groups in total. The summed E-state index contributed by atoms with van der Waals surface area (Å²) in [5.41, 5.74) is 0. The van der Waals surface area contributed by atoms with Crippen molar-refractivity contribution in [3.8, 4) is 0 Å². The van der Waals surface area contributed by atoms with Gasteiger partial charge in [-0.15, -0.1) is 0 Å². The Morgan fingerprint density at radius 3 is 2.29 bits per heavy atom. The second-order valence-corrected chi connectivity index (χ2v) is 0.959. The van der Waals surface area contributed by atoms with Crippen molar-refractivity contribution in [3.05, 3.63) is 30.6 Å². The summed E-state index contributed by atoms with van der Waals surface area (Å²) in [7, 11) is 0. The van der Waals surface area contributed by atoms with Crippen LogP contribution in [-0.2, 0) is 21.1 Å². The van der Waals surface area contributed by atoms with Gasteiger partial charge in [-0.05, 0) is 0 Å². The summed E-state index contributed by atoms with van der Waals surface area (Å²) in [4.78, 5) is 3.66. The Morgan fingerprint density at radius 1 is 1.29 bits per heavy atom. The molecule has 40 valence electrons. The first kappa shape index (κ1) is 6.84. The first-order valence-corrected chi connectivity index (χ1v) is 1.77. The van der Waals surface area contributed by atoms with Gasteiger partial charge in [-0.3, -0.25) is 0 Å². The molecule has 0 aromatic carbocycles. The molecular weight excluding hydrogens is 269 g/mol. The average molecular weight is 273 g/mol. The molecule has 0 aliphatic carbocycles. The zero-order valence-electron chi connectivity index (χ0n) is 3.57. The Labute approximate surface area is 57.0 Å². The van der Waals surface area contributed by atoms with Crippen LogP contribution in [0.25, 0.3) is 0 Å². The van der Waals surface area contributed by atoms with Gasteiger partial charge in [-0.2, -0.15) is 18.2 Å². The van der Waals surface area contributed by atoms with Gasteiger partial charge in [0, 0.05) is 21.1 Å². The minimum absolute atomic E-state index is 0. The van der Waals surface area contributed by atoms with Crippen LogP contribution in [0.5, 0.6) is 0 Å². The number of hydrogen-bond acceptors (Lipinski definition) is 1. The molecule has 1 aromatic heterocycles. The van der Waals surface area contributed by atoms with E-state index in [9.17, 15) is 0 Å². The predicted molar refractivity (Wildman–Crippen MR) is 23.1 cm³/mol. The van der Waals surface area contributed by atoms with E-state index in [0.717, 1.165) is 0 Å². The topological polar surface area (TPSA) is 12.9 Å². The Bertz CT molecular complexity index is 80.0. The minimum atomic E-state index is 0. The zero-order chi connectivity index (χ0) is 4.24. The normalized spacial score (nSPS) is 6.86. The monoisotopic (exact) mass is 273 g/mol. The standard InChI is InChI=1S/C5H4N.Pt/c1-2-4-6-5-3-1;/h1-4H;/q-1;. The summed E-state index contributed by atoms with van der Waals surface area (Å²) >= 11 is 0. The number of nitrogens with zero attached hydrogens (tertiary/aromatic N) is 1. The van der Waals surface area contributed by atoms with Crippen LogP contribution in [0.1, 0.15) is 0 Å². The fourth-order valence-corrected chi connectivity index (χ4v) is 0.277. The summed E-state index contributed by atoms with van der Waals surface area (Å²) in [5.74, 6) is 0. The summed E-state index contributed by atoms with van der Waals surface area (Å²) in [6, 6.07) is 5.50. The largest absolute Gasteiger partial charge is 0.394 e. The molecule has 1 nitrogen and oxygen atoms in total. The first-order chi connectivity index (χ1) is 3.00. The third kappa shape index (κ3) is 2.52. The van der Waals surface area contributed by atoms with Crippen molar-refractivity contribution in [3.63, 3.8) is 0 Å². The van der Waals surface area contributed by atoms with Gasteiger partial charge in [0.25, 0.3) is 0 Å². The maximum absolute atomic E-state index is 3.66. The Kier molecular flexibility index (Phi) is 3.92. The molecule has 0 unspecified atom stereocenters. The van der Waals surface area contributed by atoms with Crippen LogP contribution in [-0.4, -0.2) is 4.98 Å². The number of aromatic nitrogens is 1. The van der Waals surface area contributed by atoms with Crippen LogP contribution < -0.4 is 0 Å². The van der Waals surface area contributed by atoms with Gasteiger partial charge in [0.1, 0.15) is 0 Å². The van der Waals surface area contributed by atoms with Crippen LogP contribution in [0.15, 0.2) is 24.4 Å². The maximum Gasteiger partial charge on any atom is 0 e. The van der Waals surface area contributed by atoms with Crippen molar-refractivity contribution in [1.29, 1.82) is 0 Å². The SMILES string of the molecule is [Pt].[c-]1ccccn1. The number of hydrogen-bond donors (Lipinski definition) is 0. The summed E-state index contributed by atoms with van der Waals surface area (Å²) in [6.45, 7) is 0. The first-order valence-electron chi connectivity index (χ1n) is 1.77. The van der Waals surface area contributed by atoms with Gasteiger partial charge in [0.15, 0.2) is 0 Å². The van der Waals surface area contributed by atoms with E-state index in [4.69, 9.17) is 0 Å². The fraction of sp³-hybridized carbons (Fsp3) is 0. The van der Waals surface area contributed by atoms with Crippen molar-refractivity contribution in [2.75, 3.05) is 0 Å². The van der Waals surface area contributed by atoms with Gasteiger partial charge in [-0.25, -0.2) is 0 Å². The van der Waals surface area contributed by atoms with Crippen molar-refractivity contribution in [1.82, 2.24) is 4.98 Å². The molecule has 0 spiro atoms. The quantitative estimate of drug-likeness (QED) is 0.639. The third-order valence-electron chi connectivity index (χ3n) is 0.517. The second-order valence-electron chi connectivity index (χ2n) is 0.959. The molecule has 0 saturated carbocycles. The van der Waals surface area contributed by atoms with E-state index in [1.165, 1.54) is 0 Å². The predicted octanol–water partition coefficient (Wildman–Crippen LogP) is 0.879. The molecule has 1 heterocycles.